The van der Waals surface area contributed by atoms with Crippen molar-refractivity contribution in [2.75, 3.05) is 39.6 Å². The van der Waals surface area contributed by atoms with Crippen LogP contribution < -0.4 is 14.8 Å². The van der Waals surface area contributed by atoms with Gasteiger partial charge in [0.15, 0.2) is 11.5 Å². The topological polar surface area (TPSA) is 89.7 Å². The van der Waals surface area contributed by atoms with Crippen molar-refractivity contribution in [1.29, 1.82) is 0 Å². The van der Waals surface area contributed by atoms with Crippen molar-refractivity contribution in [3.05, 3.63) is 57.9 Å². The Bertz CT molecular complexity index is 1200. The van der Waals surface area contributed by atoms with Crippen molar-refractivity contribution < 1.29 is 18.8 Å². The summed E-state index contributed by atoms with van der Waals surface area (Å²) in [5, 5.41) is 8.50. The summed E-state index contributed by atoms with van der Waals surface area (Å²) in [4.78, 5) is 19.4. The largest absolute Gasteiger partial charge is 0.493 e. The predicted molar refractivity (Wildman–Crippen MR) is 146 cm³/mol. The Morgan fingerprint density at radius 3 is 2.65 bits per heavy atom. The fourth-order valence-corrected chi connectivity index (χ4v) is 5.58. The second kappa shape index (κ2) is 13.4. The van der Waals surface area contributed by atoms with Crippen LogP contribution in [0.5, 0.6) is 11.5 Å². The number of hydrogen-bond acceptors (Lipinski definition) is 8. The number of benzene rings is 2. The number of nitrogens with one attached hydrogen (secondary N) is 1. The quantitative estimate of drug-likeness (QED) is 0.313. The van der Waals surface area contributed by atoms with E-state index in [0.717, 1.165) is 48.6 Å². The van der Waals surface area contributed by atoms with Gasteiger partial charge in [0.2, 0.25) is 17.6 Å². The molecule has 0 bridgehead atoms. The first-order valence-corrected chi connectivity index (χ1v) is 13.9. The number of piperidine rings is 1. The van der Waals surface area contributed by atoms with Gasteiger partial charge >= 0.3 is 0 Å². The van der Waals surface area contributed by atoms with Gasteiger partial charge in [-0.3, -0.25) is 9.69 Å². The maximum atomic E-state index is 12.6. The minimum absolute atomic E-state index is 0.0250. The highest BCUT2D eigenvalue weighted by molar-refractivity contribution is 7.98. The number of likely N-dealkylation sites (tertiary alicyclic amines) is 1. The van der Waals surface area contributed by atoms with Crippen LogP contribution in [0.2, 0.25) is 10.0 Å². The first kappa shape index (κ1) is 27.6. The number of halogens is 2. The van der Waals surface area contributed by atoms with Gasteiger partial charge in [0.25, 0.3) is 0 Å². The van der Waals surface area contributed by atoms with E-state index in [2.05, 4.69) is 20.4 Å². The standard InChI is InChI=1S/C26H30Cl2N4O4S/c1-34-22-6-4-18(13-23(22)35-2)25-30-24(36-31-25)15-32-10-7-17(8-11-32)26(33)29-9-12-37-16-19-3-5-20(27)14-21(19)28/h3-6,13-14,17H,7-12,15-16H2,1-2H3,(H,29,33). The molecule has 3 aromatic rings. The maximum absolute atomic E-state index is 12.6. The van der Waals surface area contributed by atoms with Gasteiger partial charge in [0.1, 0.15) is 0 Å². The molecule has 37 heavy (non-hydrogen) atoms. The van der Waals surface area contributed by atoms with E-state index in [1.165, 1.54) is 0 Å². The molecule has 0 unspecified atom stereocenters. The molecule has 0 radical (unpaired) electrons. The number of ether oxygens (including phenoxy) is 2. The molecule has 1 amide bonds. The number of thioether (sulfide) groups is 1. The van der Waals surface area contributed by atoms with Crippen molar-refractivity contribution in [2.24, 2.45) is 5.92 Å². The van der Waals surface area contributed by atoms with Gasteiger partial charge in [-0.15, -0.1) is 0 Å². The third-order valence-electron chi connectivity index (χ3n) is 6.25. The van der Waals surface area contributed by atoms with Gasteiger partial charge in [0.05, 0.1) is 20.8 Å². The number of hydrogen-bond donors (Lipinski definition) is 1. The van der Waals surface area contributed by atoms with E-state index >= 15 is 0 Å². The van der Waals surface area contributed by atoms with E-state index in [4.69, 9.17) is 37.2 Å². The fraction of sp³-hybridized carbons (Fsp3) is 0.423. The number of methoxy groups -OCH3 is 2. The Hall–Kier alpha value is -2.46. The van der Waals surface area contributed by atoms with Crippen molar-refractivity contribution in [2.45, 2.75) is 25.1 Å². The van der Waals surface area contributed by atoms with Crippen LogP contribution in [0.15, 0.2) is 40.9 Å². The second-order valence-corrected chi connectivity index (χ2v) is 10.7. The first-order chi connectivity index (χ1) is 18.0. The third-order valence-corrected chi connectivity index (χ3v) is 7.84. The van der Waals surface area contributed by atoms with E-state index in [-0.39, 0.29) is 11.8 Å². The molecule has 1 aromatic heterocycles. The lowest BCUT2D eigenvalue weighted by molar-refractivity contribution is -0.126. The Labute approximate surface area is 231 Å². The Morgan fingerprint density at radius 2 is 1.92 bits per heavy atom. The van der Waals surface area contributed by atoms with E-state index in [1.54, 1.807) is 32.0 Å². The molecule has 1 saturated heterocycles. The van der Waals surface area contributed by atoms with E-state index < -0.39 is 0 Å². The molecule has 1 N–H and O–H groups in total. The molecular weight excluding hydrogens is 535 g/mol. The molecule has 0 saturated carbocycles. The molecule has 1 fully saturated rings. The minimum atomic E-state index is 0.0250. The molecule has 1 aliphatic heterocycles. The molecule has 1 aliphatic rings. The average Bonchev–Trinajstić information content (AvgIpc) is 3.38. The molecule has 0 aliphatic carbocycles. The van der Waals surface area contributed by atoms with Crippen LogP contribution in [0, 0.1) is 5.92 Å². The normalized spacial score (nSPS) is 14.5. The molecule has 4 rings (SSSR count). The van der Waals surface area contributed by atoms with Crippen molar-refractivity contribution in [3.8, 4) is 22.9 Å². The summed E-state index contributed by atoms with van der Waals surface area (Å²) in [5.74, 6) is 4.05. The number of carbonyl (C=O) groups is 1. The van der Waals surface area contributed by atoms with Crippen LogP contribution in [0.25, 0.3) is 11.4 Å². The molecule has 2 aromatic carbocycles. The lowest BCUT2D eigenvalue weighted by atomic mass is 9.96. The predicted octanol–water partition coefficient (Wildman–Crippen LogP) is 5.32. The summed E-state index contributed by atoms with van der Waals surface area (Å²) in [5.41, 5.74) is 1.84. The maximum Gasteiger partial charge on any atom is 0.241 e. The number of amides is 1. The summed E-state index contributed by atoms with van der Waals surface area (Å²) in [6.45, 7) is 2.79. The van der Waals surface area contributed by atoms with Crippen molar-refractivity contribution in [1.82, 2.24) is 20.4 Å². The van der Waals surface area contributed by atoms with Gasteiger partial charge < -0.3 is 19.3 Å². The number of carbonyl (C=O) groups excluding carboxylic acids is 1. The van der Waals surface area contributed by atoms with Crippen LogP contribution in [0.3, 0.4) is 0 Å². The van der Waals surface area contributed by atoms with E-state index in [1.807, 2.05) is 30.3 Å². The van der Waals surface area contributed by atoms with Crippen LogP contribution in [0.4, 0.5) is 0 Å². The van der Waals surface area contributed by atoms with E-state index in [0.29, 0.717) is 46.3 Å². The number of aromatic nitrogens is 2. The zero-order chi connectivity index (χ0) is 26.2. The monoisotopic (exact) mass is 564 g/mol. The van der Waals surface area contributed by atoms with E-state index in [9.17, 15) is 4.79 Å². The molecule has 198 valence electrons. The van der Waals surface area contributed by atoms with Crippen LogP contribution in [-0.2, 0) is 17.1 Å². The van der Waals surface area contributed by atoms with Gasteiger partial charge in [-0.1, -0.05) is 34.4 Å². The van der Waals surface area contributed by atoms with Gasteiger partial charge in [-0.05, 0) is 61.8 Å². The summed E-state index contributed by atoms with van der Waals surface area (Å²) >= 11 is 13.9. The molecular formula is C26H30Cl2N4O4S. The molecule has 11 heteroatoms. The van der Waals surface area contributed by atoms with Gasteiger partial charge in [0, 0.05) is 39.6 Å². The van der Waals surface area contributed by atoms with Crippen molar-refractivity contribution in [3.63, 3.8) is 0 Å². The number of nitrogens with zero attached hydrogens (tertiary/aromatic N) is 3. The third kappa shape index (κ3) is 7.54. The van der Waals surface area contributed by atoms with Gasteiger partial charge in [-0.25, -0.2) is 0 Å². The highest BCUT2D eigenvalue weighted by Gasteiger charge is 2.26. The molecule has 0 atom stereocenters. The first-order valence-electron chi connectivity index (χ1n) is 12.0. The number of rotatable bonds is 11. The second-order valence-electron chi connectivity index (χ2n) is 8.71. The summed E-state index contributed by atoms with van der Waals surface area (Å²) in [7, 11) is 3.18. The Morgan fingerprint density at radius 1 is 1.14 bits per heavy atom. The van der Waals surface area contributed by atoms with Gasteiger partial charge in [-0.2, -0.15) is 16.7 Å². The average molecular weight is 566 g/mol. The van der Waals surface area contributed by atoms with Crippen molar-refractivity contribution >= 4 is 40.9 Å². The Kier molecular flexibility index (Phi) is 9.96. The lowest BCUT2D eigenvalue weighted by Gasteiger charge is -2.30. The summed E-state index contributed by atoms with van der Waals surface area (Å²) in [6.07, 6.45) is 1.60. The summed E-state index contributed by atoms with van der Waals surface area (Å²) < 4.78 is 16.1. The minimum Gasteiger partial charge on any atom is -0.493 e. The zero-order valence-corrected chi connectivity index (χ0v) is 23.2. The van der Waals surface area contributed by atoms with Crippen LogP contribution in [0.1, 0.15) is 24.3 Å². The lowest BCUT2D eigenvalue weighted by Crippen LogP contribution is -2.40. The molecule has 0 spiro atoms. The zero-order valence-electron chi connectivity index (χ0n) is 20.8. The SMILES string of the molecule is COc1ccc(-c2noc(CN3CCC(C(=O)NCCSCc4ccc(Cl)cc4Cl)CC3)n2)cc1OC. The fourth-order valence-electron chi connectivity index (χ4n) is 4.17. The highest BCUT2D eigenvalue weighted by atomic mass is 35.5. The molecule has 8 nitrogen and oxygen atoms in total. The highest BCUT2D eigenvalue weighted by Crippen LogP contribution is 2.31. The van der Waals surface area contributed by atoms with Crippen LogP contribution in [-0.4, -0.2) is 60.6 Å². The smallest absolute Gasteiger partial charge is 0.241 e. The Balaban J connectivity index is 1.17. The molecule has 2 heterocycles. The van der Waals surface area contributed by atoms with Crippen LogP contribution >= 0.6 is 35.0 Å². The summed E-state index contributed by atoms with van der Waals surface area (Å²) in [6, 6.07) is 11.0.